The normalized spacial score (nSPS) is 27.5. The van der Waals surface area contributed by atoms with Crippen molar-refractivity contribution in [2.75, 3.05) is 6.54 Å². The number of aryl methyl sites for hydroxylation is 2. The molecule has 2 aromatic carbocycles. The summed E-state index contributed by atoms with van der Waals surface area (Å²) in [7, 11) is 0. The average Bonchev–Trinajstić information content (AvgIpc) is 3.47. The maximum Gasteiger partial charge on any atom is 0.226 e. The van der Waals surface area contributed by atoms with Crippen molar-refractivity contribution in [1.29, 1.82) is 5.26 Å². The van der Waals surface area contributed by atoms with Gasteiger partial charge >= 0.3 is 0 Å². The molecule has 0 radical (unpaired) electrons. The van der Waals surface area contributed by atoms with Gasteiger partial charge in [-0.3, -0.25) is 4.79 Å². The first-order valence-corrected chi connectivity index (χ1v) is 17.1. The van der Waals surface area contributed by atoms with Crippen molar-refractivity contribution in [2.45, 2.75) is 82.6 Å². The Bertz CT molecular complexity index is 1910. The summed E-state index contributed by atoms with van der Waals surface area (Å²) in [6.07, 6.45) is 5.33. The number of nitriles is 1. The number of carbonyl (C=O) groups is 1. The van der Waals surface area contributed by atoms with Crippen LogP contribution in [-0.2, 0) is 11.2 Å². The molecule has 5 heterocycles. The van der Waals surface area contributed by atoms with Gasteiger partial charge in [-0.15, -0.1) is 0 Å². The third-order valence-corrected chi connectivity index (χ3v) is 11.7. The molecular formula is C36H35Cl2F2N5O. The highest BCUT2D eigenvalue weighted by atomic mass is 35.5. The molecule has 2 N–H and O–H groups in total. The number of aromatic amines is 1. The second-order valence-corrected chi connectivity index (χ2v) is 14.6. The van der Waals surface area contributed by atoms with Gasteiger partial charge in [0.25, 0.3) is 0 Å². The van der Waals surface area contributed by atoms with Crippen molar-refractivity contribution >= 4 is 50.9 Å². The Kier molecular flexibility index (Phi) is 7.51. The van der Waals surface area contributed by atoms with Crippen molar-refractivity contribution in [3.8, 4) is 17.2 Å². The van der Waals surface area contributed by atoms with Crippen LogP contribution in [0, 0.1) is 41.8 Å². The van der Waals surface area contributed by atoms with Gasteiger partial charge in [-0.2, -0.15) is 5.26 Å². The van der Waals surface area contributed by atoms with Gasteiger partial charge < -0.3 is 15.2 Å². The van der Waals surface area contributed by atoms with E-state index < -0.39 is 12.0 Å². The molecule has 3 saturated heterocycles. The summed E-state index contributed by atoms with van der Waals surface area (Å²) in [5, 5.41) is 14.6. The van der Waals surface area contributed by atoms with Gasteiger partial charge in [0.2, 0.25) is 5.91 Å². The highest BCUT2D eigenvalue weighted by Gasteiger charge is 2.56. The van der Waals surface area contributed by atoms with E-state index in [2.05, 4.69) is 21.4 Å². The van der Waals surface area contributed by atoms with Crippen molar-refractivity contribution in [3.63, 3.8) is 0 Å². The lowest BCUT2D eigenvalue weighted by molar-refractivity contribution is -0.138. The molecule has 4 atom stereocenters. The number of rotatable bonds is 5. The average molecular weight is 663 g/mol. The number of halogens is 4. The van der Waals surface area contributed by atoms with E-state index >= 15 is 8.78 Å². The Morgan fingerprint density at radius 2 is 1.96 bits per heavy atom. The molecule has 4 unspecified atom stereocenters. The minimum atomic E-state index is -0.958. The summed E-state index contributed by atoms with van der Waals surface area (Å²) in [4.78, 5) is 23.3. The maximum absolute atomic E-state index is 16.4. The number of pyridine rings is 1. The SMILES string of the molecule is C1NC2CC1C2.Cc1nc2c(F)c(-c3cccc(Cl)c3Cl)c(CCC#N)cc2c2[nH]c(C3C4CC(CC4F)N3C(=O)C3CC3)cc12. The fourth-order valence-corrected chi connectivity index (χ4v) is 8.74. The van der Waals surface area contributed by atoms with Crippen molar-refractivity contribution < 1.29 is 13.6 Å². The molecule has 6 fully saturated rings. The molecule has 6 nitrogen and oxygen atoms in total. The highest BCUT2D eigenvalue weighted by molar-refractivity contribution is 6.43. The van der Waals surface area contributed by atoms with Crippen LogP contribution in [0.1, 0.15) is 67.9 Å². The van der Waals surface area contributed by atoms with Crippen LogP contribution < -0.4 is 5.32 Å². The number of fused-ring (bicyclic) bond motifs is 6. The number of nitrogens with one attached hydrogen (secondary N) is 2. The Hall–Kier alpha value is -3.25. The van der Waals surface area contributed by atoms with Crippen LogP contribution in [0.25, 0.3) is 32.9 Å². The summed E-state index contributed by atoms with van der Waals surface area (Å²) in [6, 6.07) is 11.5. The molecule has 6 aliphatic rings. The van der Waals surface area contributed by atoms with Crippen LogP contribution in [-0.4, -0.2) is 45.6 Å². The van der Waals surface area contributed by atoms with Crippen LogP contribution in [0.15, 0.2) is 30.3 Å². The molecule has 4 aromatic rings. The number of aromatic nitrogens is 2. The van der Waals surface area contributed by atoms with Crippen molar-refractivity contribution in [2.24, 2.45) is 17.8 Å². The van der Waals surface area contributed by atoms with Gasteiger partial charge in [-0.25, -0.2) is 13.8 Å². The van der Waals surface area contributed by atoms with Crippen LogP contribution in [0.4, 0.5) is 8.78 Å². The number of benzene rings is 2. The van der Waals surface area contributed by atoms with Crippen LogP contribution in [0.5, 0.6) is 0 Å². The molecule has 3 aliphatic heterocycles. The Morgan fingerprint density at radius 3 is 2.63 bits per heavy atom. The van der Waals surface area contributed by atoms with E-state index in [9.17, 15) is 10.1 Å². The molecule has 3 aliphatic carbocycles. The molecule has 10 heteroatoms. The fraction of sp³-hybridized carbons (Fsp3) is 0.472. The fourth-order valence-electron chi connectivity index (χ4n) is 8.35. The number of hydrogen-bond acceptors (Lipinski definition) is 4. The van der Waals surface area contributed by atoms with Gasteiger partial charge in [0.15, 0.2) is 5.82 Å². The summed E-state index contributed by atoms with van der Waals surface area (Å²) < 4.78 is 31.5. The largest absolute Gasteiger partial charge is 0.356 e. The first kappa shape index (κ1) is 30.1. The van der Waals surface area contributed by atoms with E-state index in [1.54, 1.807) is 18.2 Å². The predicted molar refractivity (Wildman–Crippen MR) is 176 cm³/mol. The quantitative estimate of drug-likeness (QED) is 0.225. The second-order valence-electron chi connectivity index (χ2n) is 13.8. The molecular weight excluding hydrogens is 627 g/mol. The van der Waals surface area contributed by atoms with Gasteiger partial charge in [-0.1, -0.05) is 35.3 Å². The lowest BCUT2D eigenvalue weighted by Crippen LogP contribution is -2.43. The minimum Gasteiger partial charge on any atom is -0.356 e. The zero-order valence-electron chi connectivity index (χ0n) is 25.6. The molecule has 4 bridgehead atoms. The zero-order chi connectivity index (χ0) is 31.9. The number of carbonyl (C=O) groups excluding carboxylic acids is 1. The van der Waals surface area contributed by atoms with Crippen LogP contribution in [0.3, 0.4) is 0 Å². The summed E-state index contributed by atoms with van der Waals surface area (Å²) in [5.41, 5.74) is 3.59. The van der Waals surface area contributed by atoms with E-state index in [1.165, 1.54) is 19.4 Å². The standard InChI is InChI=1S/C31H26Cl2F2N4O.C5H9N/c1-14-19-13-24(30-20-11-17(12-23(20)34)39(30)31(40)15-7-8-15)38-28(19)21-10-16(4-3-9-36)25(27(35)29(21)37-14)18-5-2-6-22(32)26(18)33;1-4-2-5(1)6-3-4/h2,5-6,10,13,15,17,20,23,30,38H,3-4,7-8,11-12H2,1H3;4-6H,1-3H2. The Balaban J connectivity index is 0.000000462. The van der Waals surface area contributed by atoms with Crippen LogP contribution in [0.2, 0.25) is 10.0 Å². The molecule has 46 heavy (non-hydrogen) atoms. The topological polar surface area (TPSA) is 84.8 Å². The first-order valence-electron chi connectivity index (χ1n) is 16.4. The molecule has 2 aromatic heterocycles. The summed E-state index contributed by atoms with van der Waals surface area (Å²) in [6.45, 7) is 3.13. The van der Waals surface area contributed by atoms with E-state index in [-0.39, 0.29) is 52.4 Å². The molecule has 238 valence electrons. The molecule has 1 amide bonds. The zero-order valence-corrected chi connectivity index (χ0v) is 27.1. The second kappa shape index (κ2) is 11.5. The number of likely N-dealkylation sites (tertiary alicyclic amines) is 1. The van der Waals surface area contributed by atoms with Crippen LogP contribution >= 0.6 is 23.2 Å². The molecule has 3 saturated carbocycles. The lowest BCUT2D eigenvalue weighted by Gasteiger charge is -2.36. The number of alkyl halides is 1. The van der Waals surface area contributed by atoms with E-state index in [4.69, 9.17) is 23.2 Å². The van der Waals surface area contributed by atoms with Gasteiger partial charge in [0.1, 0.15) is 11.7 Å². The van der Waals surface area contributed by atoms with E-state index in [1.807, 2.05) is 24.0 Å². The number of H-pyrrole nitrogens is 1. The van der Waals surface area contributed by atoms with Crippen molar-refractivity contribution in [1.82, 2.24) is 20.2 Å². The minimum absolute atomic E-state index is 0.0436. The number of amides is 1. The third-order valence-electron chi connectivity index (χ3n) is 10.9. The number of piperidine rings is 1. The van der Waals surface area contributed by atoms with Gasteiger partial charge in [0.05, 0.1) is 27.7 Å². The summed E-state index contributed by atoms with van der Waals surface area (Å²) >= 11 is 12.8. The van der Waals surface area contributed by atoms with Gasteiger partial charge in [-0.05, 0) is 88.1 Å². The molecule has 0 spiro atoms. The maximum atomic E-state index is 16.4. The van der Waals surface area contributed by atoms with E-state index in [0.29, 0.717) is 52.0 Å². The van der Waals surface area contributed by atoms with Gasteiger partial charge in [0, 0.05) is 63.6 Å². The summed E-state index contributed by atoms with van der Waals surface area (Å²) in [5.74, 6) is 0.442. The number of hydrogen-bond donors (Lipinski definition) is 2. The highest BCUT2D eigenvalue weighted by Crippen LogP contribution is 2.54. The van der Waals surface area contributed by atoms with Crippen molar-refractivity contribution in [3.05, 3.63) is 63.1 Å². The third kappa shape index (κ3) is 4.89. The number of nitrogens with zero attached hydrogens (tertiary/aromatic N) is 3. The smallest absolute Gasteiger partial charge is 0.226 e. The Labute approximate surface area is 276 Å². The van der Waals surface area contributed by atoms with E-state index in [0.717, 1.165) is 35.9 Å². The first-order chi connectivity index (χ1) is 22.2. The molecule has 10 rings (SSSR count). The lowest BCUT2D eigenvalue weighted by atomic mass is 9.87. The Morgan fingerprint density at radius 1 is 1.15 bits per heavy atom. The predicted octanol–water partition coefficient (Wildman–Crippen LogP) is 8.37. The monoisotopic (exact) mass is 661 g/mol.